The normalized spacial score (nSPS) is 15.2. The number of carbonyl (C=O) groups excluding carboxylic acids is 3. The molecule has 2 aromatic heterocycles. The Labute approximate surface area is 225 Å². The van der Waals surface area contributed by atoms with E-state index in [1.807, 2.05) is 0 Å². The minimum atomic E-state index is -1.20. The third-order valence-electron chi connectivity index (χ3n) is 6.29. The monoisotopic (exact) mass is 550 g/mol. The fourth-order valence-electron chi connectivity index (χ4n) is 4.42. The van der Waals surface area contributed by atoms with Gasteiger partial charge in [-0.3, -0.25) is 14.5 Å². The van der Waals surface area contributed by atoms with E-state index in [1.165, 1.54) is 45.6 Å². The van der Waals surface area contributed by atoms with E-state index in [9.17, 15) is 24.6 Å². The minimum absolute atomic E-state index is 0.0515. The van der Waals surface area contributed by atoms with Crippen LogP contribution in [0.1, 0.15) is 37.5 Å². The number of benzene rings is 2. The number of furan rings is 1. The number of Topliss-reactive ketones (excluding diaryl/α,β-unsaturated/α-hetero) is 1. The third kappa shape index (κ3) is 4.14. The van der Waals surface area contributed by atoms with Gasteiger partial charge in [0.05, 0.1) is 38.6 Å². The quantitative estimate of drug-likeness (QED) is 0.249. The molecule has 0 aliphatic carbocycles. The van der Waals surface area contributed by atoms with Crippen molar-refractivity contribution >= 4 is 45.1 Å². The number of amides is 1. The zero-order valence-electron chi connectivity index (χ0n) is 21.2. The van der Waals surface area contributed by atoms with Gasteiger partial charge in [0.25, 0.3) is 5.91 Å². The average Bonchev–Trinajstić information content (AvgIpc) is 3.62. The smallest absolute Gasteiger partial charge is 0.350 e. The summed E-state index contributed by atoms with van der Waals surface area (Å²) in [5, 5.41) is 21.8. The lowest BCUT2D eigenvalue weighted by Crippen LogP contribution is -2.31. The maximum atomic E-state index is 13.9. The van der Waals surface area contributed by atoms with Crippen molar-refractivity contribution < 1.29 is 43.2 Å². The number of anilines is 1. The van der Waals surface area contributed by atoms with E-state index >= 15 is 0 Å². The van der Waals surface area contributed by atoms with Crippen LogP contribution in [0.5, 0.6) is 17.2 Å². The van der Waals surface area contributed by atoms with Crippen molar-refractivity contribution in [2.24, 2.45) is 0 Å². The number of aromatic hydroxyl groups is 1. The highest BCUT2D eigenvalue weighted by Crippen LogP contribution is 2.45. The molecule has 11 nitrogen and oxygen atoms in total. The number of fused-ring (bicyclic) bond motifs is 1. The number of para-hydroxylation sites is 1. The number of carbonyl (C=O) groups is 3. The highest BCUT2D eigenvalue weighted by molar-refractivity contribution is 7.17. The molecule has 2 aromatic carbocycles. The molecule has 0 spiro atoms. The van der Waals surface area contributed by atoms with Crippen LogP contribution in [0.15, 0.2) is 58.2 Å². The molecule has 1 aliphatic heterocycles. The van der Waals surface area contributed by atoms with Crippen LogP contribution in [0.3, 0.4) is 0 Å². The van der Waals surface area contributed by atoms with Crippen molar-refractivity contribution in [1.82, 2.24) is 4.98 Å². The number of hydrogen-bond acceptors (Lipinski definition) is 11. The predicted octanol–water partition coefficient (Wildman–Crippen LogP) is 4.49. The van der Waals surface area contributed by atoms with E-state index in [-0.39, 0.29) is 32.8 Å². The zero-order chi connectivity index (χ0) is 28.0. The summed E-state index contributed by atoms with van der Waals surface area (Å²) in [6, 6.07) is 9.69. The molecule has 2 N–H and O–H groups in total. The van der Waals surface area contributed by atoms with E-state index in [4.69, 9.17) is 18.6 Å². The summed E-state index contributed by atoms with van der Waals surface area (Å²) in [5.74, 6) is -2.92. The molecule has 0 saturated heterocycles. The molecule has 200 valence electrons. The number of ether oxygens (including phenoxy) is 3. The maximum Gasteiger partial charge on any atom is 0.350 e. The van der Waals surface area contributed by atoms with Crippen LogP contribution in [-0.4, -0.2) is 54.2 Å². The standard InChI is InChI=1S/C27H22N2O9S/c1-12-24(26(34)37-4)39-27(28-12)29-20(13-8-9-15(30)17(10-13)36-3)19(22(32)25(29)33)21(31)18-11-14-6-5-7-16(35-2)23(14)38-18/h5-11,20,30,32H,1-4H3. The lowest BCUT2D eigenvalue weighted by molar-refractivity contribution is -0.117. The first-order chi connectivity index (χ1) is 18.7. The number of thiazole rings is 1. The summed E-state index contributed by atoms with van der Waals surface area (Å²) in [6.45, 7) is 1.58. The van der Waals surface area contributed by atoms with Gasteiger partial charge in [-0.2, -0.15) is 0 Å². The molecule has 1 atom stereocenters. The van der Waals surface area contributed by atoms with Crippen molar-refractivity contribution in [3.05, 3.63) is 75.7 Å². The van der Waals surface area contributed by atoms with E-state index in [0.29, 0.717) is 28.0 Å². The average molecular weight is 551 g/mol. The second-order valence-electron chi connectivity index (χ2n) is 8.49. The number of aliphatic hydroxyl groups excluding tert-OH is 1. The van der Waals surface area contributed by atoms with Crippen LogP contribution in [0.2, 0.25) is 0 Å². The molecule has 0 bridgehead atoms. The molecule has 4 aromatic rings. The topological polar surface area (TPSA) is 149 Å². The van der Waals surface area contributed by atoms with Crippen molar-refractivity contribution in [3.63, 3.8) is 0 Å². The SMILES string of the molecule is COC(=O)c1sc(N2C(=O)C(O)=C(C(=O)c3cc4cccc(OC)c4o3)C2c2ccc(O)c(OC)c2)nc1C. The number of esters is 1. The molecule has 5 rings (SSSR count). The third-order valence-corrected chi connectivity index (χ3v) is 7.42. The van der Waals surface area contributed by atoms with E-state index in [2.05, 4.69) is 4.98 Å². The number of aliphatic hydroxyl groups is 1. The van der Waals surface area contributed by atoms with Crippen LogP contribution in [-0.2, 0) is 9.53 Å². The number of aromatic nitrogens is 1. The first-order valence-electron chi connectivity index (χ1n) is 11.5. The number of aryl methyl sites for hydroxylation is 1. The van der Waals surface area contributed by atoms with Gasteiger partial charge in [0, 0.05) is 5.39 Å². The van der Waals surface area contributed by atoms with E-state index in [1.54, 1.807) is 25.1 Å². The molecule has 0 saturated carbocycles. The van der Waals surface area contributed by atoms with Gasteiger partial charge < -0.3 is 28.8 Å². The van der Waals surface area contributed by atoms with Gasteiger partial charge in [-0.1, -0.05) is 29.5 Å². The van der Waals surface area contributed by atoms with Crippen LogP contribution < -0.4 is 14.4 Å². The minimum Gasteiger partial charge on any atom is -0.504 e. The summed E-state index contributed by atoms with van der Waals surface area (Å²) < 4.78 is 21.2. The van der Waals surface area contributed by atoms with Gasteiger partial charge in [-0.25, -0.2) is 9.78 Å². The Morgan fingerprint density at radius 3 is 2.49 bits per heavy atom. The van der Waals surface area contributed by atoms with Gasteiger partial charge in [0.2, 0.25) is 5.78 Å². The molecule has 1 aliphatic rings. The molecule has 12 heteroatoms. The Morgan fingerprint density at radius 2 is 1.79 bits per heavy atom. The first kappa shape index (κ1) is 25.8. The van der Waals surface area contributed by atoms with Gasteiger partial charge in [0.15, 0.2) is 39.5 Å². The Balaban J connectivity index is 1.68. The number of nitrogens with zero attached hydrogens (tertiary/aromatic N) is 2. The molecule has 39 heavy (non-hydrogen) atoms. The van der Waals surface area contributed by atoms with Crippen molar-refractivity contribution in [1.29, 1.82) is 0 Å². The Hall–Kier alpha value is -4.84. The van der Waals surface area contributed by atoms with Gasteiger partial charge in [0.1, 0.15) is 4.88 Å². The number of rotatable bonds is 7. The fourth-order valence-corrected chi connectivity index (χ4v) is 5.44. The Morgan fingerprint density at radius 1 is 1.05 bits per heavy atom. The maximum absolute atomic E-state index is 13.9. The van der Waals surface area contributed by atoms with Gasteiger partial charge in [-0.05, 0) is 36.8 Å². The molecule has 1 unspecified atom stereocenters. The largest absolute Gasteiger partial charge is 0.504 e. The van der Waals surface area contributed by atoms with Crippen LogP contribution >= 0.6 is 11.3 Å². The summed E-state index contributed by atoms with van der Waals surface area (Å²) in [5.41, 5.74) is 0.677. The first-order valence-corrected chi connectivity index (χ1v) is 12.3. The number of phenolic OH excluding ortho intramolecular Hbond substituents is 1. The molecule has 0 fully saturated rings. The second kappa shape index (κ2) is 9.80. The van der Waals surface area contributed by atoms with Gasteiger partial charge >= 0.3 is 5.97 Å². The number of hydrogen-bond donors (Lipinski definition) is 2. The van der Waals surface area contributed by atoms with Crippen LogP contribution in [0, 0.1) is 6.92 Å². The highest BCUT2D eigenvalue weighted by atomic mass is 32.1. The predicted molar refractivity (Wildman–Crippen MR) is 140 cm³/mol. The zero-order valence-corrected chi connectivity index (χ0v) is 22.0. The summed E-state index contributed by atoms with van der Waals surface area (Å²) >= 11 is 0.875. The summed E-state index contributed by atoms with van der Waals surface area (Å²) in [4.78, 5) is 45.2. The molecule has 0 radical (unpaired) electrons. The van der Waals surface area contributed by atoms with E-state index in [0.717, 1.165) is 16.2 Å². The van der Waals surface area contributed by atoms with E-state index < -0.39 is 29.5 Å². The highest BCUT2D eigenvalue weighted by Gasteiger charge is 2.47. The molecular weight excluding hydrogens is 528 g/mol. The lowest BCUT2D eigenvalue weighted by Gasteiger charge is -2.24. The molecule has 3 heterocycles. The van der Waals surface area contributed by atoms with Crippen LogP contribution in [0.4, 0.5) is 5.13 Å². The summed E-state index contributed by atoms with van der Waals surface area (Å²) in [7, 11) is 4.04. The van der Waals surface area contributed by atoms with Crippen LogP contribution in [0.25, 0.3) is 11.0 Å². The van der Waals surface area contributed by atoms with Crippen molar-refractivity contribution in [2.45, 2.75) is 13.0 Å². The summed E-state index contributed by atoms with van der Waals surface area (Å²) in [6.07, 6.45) is 0. The lowest BCUT2D eigenvalue weighted by atomic mass is 9.95. The second-order valence-corrected chi connectivity index (χ2v) is 9.47. The molecule has 1 amide bonds. The Kier molecular flexibility index (Phi) is 6.48. The van der Waals surface area contributed by atoms with Crippen molar-refractivity contribution in [2.75, 3.05) is 26.2 Å². The number of methoxy groups -OCH3 is 3. The van der Waals surface area contributed by atoms with Gasteiger partial charge in [-0.15, -0.1) is 0 Å². The number of phenols is 1. The number of ketones is 1. The van der Waals surface area contributed by atoms with Crippen molar-refractivity contribution in [3.8, 4) is 17.2 Å². The Bertz CT molecular complexity index is 1680. The fraction of sp³-hybridized carbons (Fsp3) is 0.185. The molecular formula is C27H22N2O9S.